The maximum absolute atomic E-state index is 12.7. The predicted octanol–water partition coefficient (Wildman–Crippen LogP) is 6.27. The highest BCUT2D eigenvalue weighted by molar-refractivity contribution is 5.93. The van der Waals surface area contributed by atoms with Crippen LogP contribution in [0, 0.1) is 6.92 Å². The number of hydrogen-bond acceptors (Lipinski definition) is 2. The van der Waals surface area contributed by atoms with E-state index < -0.39 is 0 Å². The largest absolute Gasteiger partial charge is 0.347 e. The average molecular weight is 414 g/mol. The van der Waals surface area contributed by atoms with E-state index in [9.17, 15) is 4.79 Å². The van der Waals surface area contributed by atoms with E-state index >= 15 is 0 Å². The van der Waals surface area contributed by atoms with E-state index in [0.717, 1.165) is 24.1 Å². The van der Waals surface area contributed by atoms with Gasteiger partial charge in [0.2, 0.25) is 0 Å². The lowest BCUT2D eigenvalue weighted by molar-refractivity contribution is 0.0951. The van der Waals surface area contributed by atoms with Crippen molar-refractivity contribution >= 4 is 5.91 Å². The number of imidazole rings is 1. The molecule has 0 saturated heterocycles. The maximum atomic E-state index is 12.7. The molecule has 0 fully saturated rings. The first kappa shape index (κ1) is 22.3. The highest BCUT2D eigenvalue weighted by Crippen LogP contribution is 2.24. The van der Waals surface area contributed by atoms with Gasteiger partial charge in [0.25, 0.3) is 5.91 Å². The minimum absolute atomic E-state index is 0.131. The molecule has 0 unspecified atom stereocenters. The number of rotatable bonds is 8. The third-order valence-corrected chi connectivity index (χ3v) is 5.28. The van der Waals surface area contributed by atoms with Crippen molar-refractivity contribution in [2.75, 3.05) is 6.54 Å². The van der Waals surface area contributed by atoms with E-state index in [-0.39, 0.29) is 5.91 Å². The molecule has 160 valence electrons. The second-order valence-electron chi connectivity index (χ2n) is 8.09. The van der Waals surface area contributed by atoms with Gasteiger partial charge in [-0.3, -0.25) is 9.36 Å². The number of allylic oxidation sites excluding steroid dienone is 3. The fourth-order valence-corrected chi connectivity index (χ4v) is 3.47. The molecule has 0 saturated carbocycles. The van der Waals surface area contributed by atoms with Crippen LogP contribution in [0.2, 0.25) is 0 Å². The molecule has 1 aromatic heterocycles. The lowest BCUT2D eigenvalue weighted by atomic mass is 10.0. The number of aryl methyl sites for hydroxylation is 1. The average Bonchev–Trinajstić information content (AvgIpc) is 3.24. The summed E-state index contributed by atoms with van der Waals surface area (Å²) in [6, 6.07) is 16.5. The van der Waals surface area contributed by atoms with Crippen LogP contribution in [0.1, 0.15) is 49.7 Å². The number of nitrogens with one attached hydrogen (secondary N) is 1. The van der Waals surface area contributed by atoms with Crippen LogP contribution >= 0.6 is 0 Å². The quantitative estimate of drug-likeness (QED) is 0.442. The predicted molar refractivity (Wildman–Crippen MR) is 128 cm³/mol. The zero-order valence-electron chi connectivity index (χ0n) is 18.9. The summed E-state index contributed by atoms with van der Waals surface area (Å²) in [6.45, 7) is 8.94. The Morgan fingerprint density at radius 3 is 2.48 bits per heavy atom. The molecular weight excluding hydrogens is 382 g/mol. The van der Waals surface area contributed by atoms with Gasteiger partial charge in [0.15, 0.2) is 0 Å². The summed E-state index contributed by atoms with van der Waals surface area (Å²) in [4.78, 5) is 16.9. The van der Waals surface area contributed by atoms with Crippen molar-refractivity contribution in [1.29, 1.82) is 0 Å². The van der Waals surface area contributed by atoms with Gasteiger partial charge in [0.1, 0.15) is 5.69 Å². The molecule has 3 aromatic rings. The van der Waals surface area contributed by atoms with Crippen molar-refractivity contribution in [3.05, 3.63) is 95.6 Å². The molecule has 31 heavy (non-hydrogen) atoms. The van der Waals surface area contributed by atoms with Crippen LogP contribution in [0.15, 0.2) is 84.4 Å². The van der Waals surface area contributed by atoms with Crippen molar-refractivity contribution in [3.8, 4) is 16.8 Å². The van der Waals surface area contributed by atoms with E-state index in [1.165, 1.54) is 22.3 Å². The topological polar surface area (TPSA) is 46.9 Å². The molecular formula is C27H31N3O. The molecule has 2 aromatic carbocycles. The van der Waals surface area contributed by atoms with Crippen molar-refractivity contribution in [3.63, 3.8) is 0 Å². The zero-order valence-corrected chi connectivity index (χ0v) is 18.9. The highest BCUT2D eigenvalue weighted by Gasteiger charge is 2.12. The molecule has 3 rings (SSSR count). The van der Waals surface area contributed by atoms with Crippen LogP contribution in [0.4, 0.5) is 0 Å². The molecule has 1 amide bonds. The van der Waals surface area contributed by atoms with E-state index in [0.29, 0.717) is 12.2 Å². The van der Waals surface area contributed by atoms with Gasteiger partial charge < -0.3 is 5.32 Å². The number of aromatic nitrogens is 2. The second kappa shape index (κ2) is 10.6. The second-order valence-corrected chi connectivity index (χ2v) is 8.09. The fourth-order valence-electron chi connectivity index (χ4n) is 3.47. The maximum Gasteiger partial charge on any atom is 0.270 e. The standard InChI is InChI=1S/C27H31N3O/c1-20(2)8-7-9-21(3)16-17-29-27(31)26-18-28-19-30(26)24-14-12-23(13-15-24)25-11-6-5-10-22(25)4/h5-6,8,10-16,18-19H,7,9,17H2,1-4H3,(H,29,31)/b21-16+. The van der Waals surface area contributed by atoms with Crippen LogP contribution in [0.25, 0.3) is 16.8 Å². The van der Waals surface area contributed by atoms with E-state index in [2.05, 4.69) is 74.4 Å². The first-order chi connectivity index (χ1) is 15.0. The molecule has 4 nitrogen and oxygen atoms in total. The third-order valence-electron chi connectivity index (χ3n) is 5.28. The first-order valence-corrected chi connectivity index (χ1v) is 10.7. The van der Waals surface area contributed by atoms with Gasteiger partial charge in [-0.15, -0.1) is 0 Å². The van der Waals surface area contributed by atoms with Crippen LogP contribution in [-0.4, -0.2) is 22.0 Å². The van der Waals surface area contributed by atoms with Crippen molar-refractivity contribution in [1.82, 2.24) is 14.9 Å². The van der Waals surface area contributed by atoms with E-state index in [4.69, 9.17) is 0 Å². The van der Waals surface area contributed by atoms with Gasteiger partial charge in [-0.2, -0.15) is 0 Å². The Bertz CT molecular complexity index is 1080. The molecule has 1 N–H and O–H groups in total. The number of carbonyl (C=O) groups is 1. The van der Waals surface area contributed by atoms with Gasteiger partial charge in [-0.1, -0.05) is 59.7 Å². The number of carbonyl (C=O) groups excluding carboxylic acids is 1. The summed E-state index contributed by atoms with van der Waals surface area (Å²) in [7, 11) is 0. The number of amides is 1. The molecule has 0 aliphatic carbocycles. The molecule has 0 spiro atoms. The Kier molecular flexibility index (Phi) is 7.60. The van der Waals surface area contributed by atoms with Gasteiger partial charge in [-0.05, 0) is 69.4 Å². The Morgan fingerprint density at radius 2 is 1.77 bits per heavy atom. The Morgan fingerprint density at radius 1 is 1.03 bits per heavy atom. The smallest absolute Gasteiger partial charge is 0.270 e. The summed E-state index contributed by atoms with van der Waals surface area (Å²) in [6.07, 6.45) is 9.64. The Labute approximate surface area is 185 Å². The Hall–Kier alpha value is -3.40. The molecule has 0 bridgehead atoms. The zero-order chi connectivity index (χ0) is 22.2. The monoisotopic (exact) mass is 413 g/mol. The van der Waals surface area contributed by atoms with Crippen LogP contribution in [0.3, 0.4) is 0 Å². The minimum Gasteiger partial charge on any atom is -0.347 e. The van der Waals surface area contributed by atoms with Gasteiger partial charge in [0.05, 0.1) is 12.5 Å². The van der Waals surface area contributed by atoms with Crippen LogP contribution < -0.4 is 5.32 Å². The molecule has 1 heterocycles. The summed E-state index contributed by atoms with van der Waals surface area (Å²) < 4.78 is 1.82. The summed E-state index contributed by atoms with van der Waals surface area (Å²) >= 11 is 0. The molecule has 0 radical (unpaired) electrons. The Balaban J connectivity index is 1.66. The lowest BCUT2D eigenvalue weighted by Crippen LogP contribution is -2.25. The molecule has 0 atom stereocenters. The highest BCUT2D eigenvalue weighted by atomic mass is 16.1. The minimum atomic E-state index is -0.131. The van der Waals surface area contributed by atoms with Gasteiger partial charge in [-0.25, -0.2) is 4.98 Å². The number of hydrogen-bond donors (Lipinski definition) is 1. The summed E-state index contributed by atoms with van der Waals surface area (Å²) in [5, 5.41) is 2.98. The normalized spacial score (nSPS) is 11.3. The fraction of sp³-hybridized carbons (Fsp3) is 0.259. The van der Waals surface area contributed by atoms with Crippen LogP contribution in [-0.2, 0) is 0 Å². The SMILES string of the molecule is CC(C)=CCC/C(C)=C/CNC(=O)c1cncn1-c1ccc(-c2ccccc2C)cc1. The lowest BCUT2D eigenvalue weighted by Gasteiger charge is -2.10. The number of nitrogens with zero attached hydrogens (tertiary/aromatic N) is 2. The van der Waals surface area contributed by atoms with E-state index in [1.807, 2.05) is 28.8 Å². The van der Waals surface area contributed by atoms with Gasteiger partial charge >= 0.3 is 0 Å². The molecule has 0 aliphatic heterocycles. The summed E-state index contributed by atoms with van der Waals surface area (Å²) in [5.41, 5.74) is 7.65. The van der Waals surface area contributed by atoms with Crippen molar-refractivity contribution in [2.24, 2.45) is 0 Å². The number of benzene rings is 2. The van der Waals surface area contributed by atoms with E-state index in [1.54, 1.807) is 12.5 Å². The first-order valence-electron chi connectivity index (χ1n) is 10.7. The van der Waals surface area contributed by atoms with Crippen molar-refractivity contribution < 1.29 is 4.79 Å². The van der Waals surface area contributed by atoms with Crippen LogP contribution in [0.5, 0.6) is 0 Å². The molecule has 0 aliphatic rings. The molecule has 4 heteroatoms. The summed E-state index contributed by atoms with van der Waals surface area (Å²) in [5.74, 6) is -0.131. The van der Waals surface area contributed by atoms with Crippen molar-refractivity contribution in [2.45, 2.75) is 40.5 Å². The third kappa shape index (κ3) is 6.05. The van der Waals surface area contributed by atoms with Gasteiger partial charge in [0, 0.05) is 12.2 Å².